The number of benzene rings is 1. The number of carboxylic acid groups (broad SMARTS) is 1. The summed E-state index contributed by atoms with van der Waals surface area (Å²) in [7, 11) is 0. The van der Waals surface area contributed by atoms with E-state index in [0.29, 0.717) is 11.3 Å². The number of carboxylic acids is 1. The Morgan fingerprint density at radius 2 is 1.42 bits per heavy atom. The van der Waals surface area contributed by atoms with Gasteiger partial charge in [-0.15, -0.1) is 11.8 Å². The molecule has 0 bridgehead atoms. The number of thioether (sulfide) groups is 1. The zero-order valence-electron chi connectivity index (χ0n) is 12.6. The van der Waals surface area contributed by atoms with Crippen molar-refractivity contribution in [3.8, 4) is 11.4 Å². The van der Waals surface area contributed by atoms with Gasteiger partial charge in [0.15, 0.2) is 17.5 Å². The highest BCUT2D eigenvalue weighted by molar-refractivity contribution is 7.99. The van der Waals surface area contributed by atoms with Crippen molar-refractivity contribution in [3.05, 3.63) is 35.9 Å². The van der Waals surface area contributed by atoms with Crippen molar-refractivity contribution in [2.75, 3.05) is 5.75 Å². The van der Waals surface area contributed by atoms with Gasteiger partial charge < -0.3 is 5.11 Å². The maximum Gasteiger partial charge on any atom is 0.304 e. The quantitative estimate of drug-likeness (QED) is 0.420. The lowest BCUT2D eigenvalue weighted by Crippen LogP contribution is -2.16. The number of alkyl halides is 6. The summed E-state index contributed by atoms with van der Waals surface area (Å²) in [6.45, 7) is 0. The van der Waals surface area contributed by atoms with Gasteiger partial charge in [0, 0.05) is 16.2 Å². The van der Waals surface area contributed by atoms with Crippen molar-refractivity contribution >= 4 is 87.3 Å². The Morgan fingerprint density at radius 1 is 0.923 bits per heavy atom. The molecular formula is C14H9Cl6N3O2S. The fourth-order valence-electron chi connectivity index (χ4n) is 1.72. The van der Waals surface area contributed by atoms with E-state index in [1.165, 1.54) is 11.8 Å². The van der Waals surface area contributed by atoms with E-state index in [9.17, 15) is 4.79 Å². The van der Waals surface area contributed by atoms with Crippen LogP contribution >= 0.6 is 81.4 Å². The smallest absolute Gasteiger partial charge is 0.304 e. The Labute approximate surface area is 183 Å². The monoisotopic (exact) mass is 493 g/mol. The molecule has 2 aromatic rings. The first-order valence-corrected chi connectivity index (χ1v) is 10.1. The number of aromatic nitrogens is 3. The van der Waals surface area contributed by atoms with E-state index in [1.54, 1.807) is 24.3 Å². The van der Waals surface area contributed by atoms with Gasteiger partial charge in [0.05, 0.1) is 6.42 Å². The van der Waals surface area contributed by atoms with Gasteiger partial charge in [0.2, 0.25) is 7.59 Å². The second kappa shape index (κ2) is 8.86. The minimum Gasteiger partial charge on any atom is -0.481 e. The first-order chi connectivity index (χ1) is 12.0. The number of aliphatic carboxylic acids is 1. The van der Waals surface area contributed by atoms with E-state index in [2.05, 4.69) is 15.0 Å². The molecule has 0 fully saturated rings. The maximum absolute atomic E-state index is 10.6. The number of carbonyl (C=O) groups is 1. The lowest BCUT2D eigenvalue weighted by Gasteiger charge is -2.15. The molecule has 0 aliphatic heterocycles. The Morgan fingerprint density at radius 3 is 1.85 bits per heavy atom. The zero-order chi connectivity index (χ0) is 19.5. The summed E-state index contributed by atoms with van der Waals surface area (Å²) < 4.78 is -3.84. The van der Waals surface area contributed by atoms with Crippen LogP contribution in [0, 0.1) is 0 Å². The molecule has 0 unspecified atom stereocenters. The van der Waals surface area contributed by atoms with Crippen LogP contribution in [0.25, 0.3) is 11.4 Å². The average molecular weight is 496 g/mol. The molecule has 1 N–H and O–H groups in total. The summed E-state index contributed by atoms with van der Waals surface area (Å²) in [6.07, 6.45) is 0.0686. The zero-order valence-corrected chi connectivity index (χ0v) is 17.9. The third-order valence-corrected chi connectivity index (χ3v) is 4.87. The summed E-state index contributed by atoms with van der Waals surface area (Å²) in [6, 6.07) is 7.02. The summed E-state index contributed by atoms with van der Waals surface area (Å²) in [4.78, 5) is 23.6. The molecule has 0 saturated carbocycles. The second-order valence-corrected chi connectivity index (χ2v) is 10.5. The average Bonchev–Trinajstić information content (AvgIpc) is 2.53. The molecule has 1 aromatic carbocycles. The van der Waals surface area contributed by atoms with Gasteiger partial charge >= 0.3 is 5.97 Å². The molecule has 12 heteroatoms. The fraction of sp³-hybridized carbons (Fsp3) is 0.286. The number of nitrogens with zero attached hydrogens (tertiary/aromatic N) is 3. The van der Waals surface area contributed by atoms with E-state index >= 15 is 0 Å². The largest absolute Gasteiger partial charge is 0.481 e. The van der Waals surface area contributed by atoms with Crippen LogP contribution in [-0.4, -0.2) is 31.8 Å². The van der Waals surface area contributed by atoms with Gasteiger partial charge in [0.1, 0.15) is 0 Å². The number of rotatable bonds is 5. The highest BCUT2D eigenvalue weighted by atomic mass is 35.6. The van der Waals surface area contributed by atoms with Gasteiger partial charge in [-0.1, -0.05) is 81.7 Å². The highest BCUT2D eigenvalue weighted by Gasteiger charge is 2.34. The normalized spacial score (nSPS) is 12.2. The van der Waals surface area contributed by atoms with Gasteiger partial charge in [-0.2, -0.15) is 0 Å². The lowest BCUT2D eigenvalue weighted by atomic mass is 10.2. The number of hydrogen-bond donors (Lipinski definition) is 1. The Balaban J connectivity index is 2.33. The third kappa shape index (κ3) is 6.44. The molecule has 5 nitrogen and oxygen atoms in total. The van der Waals surface area contributed by atoms with E-state index < -0.39 is 13.6 Å². The van der Waals surface area contributed by atoms with E-state index in [1.807, 2.05) is 0 Å². The van der Waals surface area contributed by atoms with Crippen LogP contribution in [0.2, 0.25) is 0 Å². The van der Waals surface area contributed by atoms with E-state index in [4.69, 9.17) is 74.7 Å². The van der Waals surface area contributed by atoms with Crippen molar-refractivity contribution in [1.29, 1.82) is 0 Å². The van der Waals surface area contributed by atoms with Crippen molar-refractivity contribution in [2.45, 2.75) is 18.9 Å². The molecule has 140 valence electrons. The van der Waals surface area contributed by atoms with Crippen LogP contribution in [0.4, 0.5) is 0 Å². The van der Waals surface area contributed by atoms with Gasteiger partial charge in [-0.3, -0.25) is 4.79 Å². The van der Waals surface area contributed by atoms with Gasteiger partial charge in [-0.25, -0.2) is 15.0 Å². The third-order valence-electron chi connectivity index (χ3n) is 2.84. The Kier molecular flexibility index (Phi) is 7.53. The lowest BCUT2D eigenvalue weighted by molar-refractivity contribution is -0.136. The van der Waals surface area contributed by atoms with Crippen molar-refractivity contribution in [3.63, 3.8) is 0 Å². The van der Waals surface area contributed by atoms with Crippen LogP contribution in [0.3, 0.4) is 0 Å². The first kappa shape index (κ1) is 22.1. The minimum atomic E-state index is -1.92. The predicted octanol–water partition coefficient (Wildman–Crippen LogP) is 5.76. The molecule has 0 saturated heterocycles. The van der Waals surface area contributed by atoms with Crippen molar-refractivity contribution in [1.82, 2.24) is 15.0 Å². The topological polar surface area (TPSA) is 76.0 Å². The molecule has 0 radical (unpaired) electrons. The molecule has 0 aliphatic carbocycles. The summed E-state index contributed by atoms with van der Waals surface area (Å²) in [5, 5.41) is 8.67. The molecule has 0 spiro atoms. The Hall–Kier alpha value is -0.210. The molecular weight excluding hydrogens is 487 g/mol. The minimum absolute atomic E-state index is 0.0686. The van der Waals surface area contributed by atoms with E-state index in [-0.39, 0.29) is 23.9 Å². The standard InChI is InChI=1S/C14H9Cl6N3O2S/c15-13(16,17)11-21-10(22-12(23-11)14(18,19)20)7-1-3-8(4-2-7)26-6-5-9(24)25/h1-4H,5-6H2,(H,24,25). The molecule has 1 heterocycles. The van der Waals surface area contributed by atoms with Crippen molar-refractivity contribution in [2.24, 2.45) is 0 Å². The van der Waals surface area contributed by atoms with Crippen molar-refractivity contribution < 1.29 is 9.90 Å². The molecule has 0 atom stereocenters. The van der Waals surface area contributed by atoms with Crippen LogP contribution < -0.4 is 0 Å². The highest BCUT2D eigenvalue weighted by Crippen LogP contribution is 2.40. The van der Waals surface area contributed by atoms with E-state index in [0.717, 1.165) is 4.90 Å². The summed E-state index contributed by atoms with van der Waals surface area (Å²) in [5.41, 5.74) is 0.584. The number of halogens is 6. The molecule has 1 aromatic heterocycles. The molecule has 0 amide bonds. The van der Waals surface area contributed by atoms with Crippen LogP contribution in [0.15, 0.2) is 29.2 Å². The van der Waals surface area contributed by atoms with Crippen LogP contribution in [-0.2, 0) is 12.4 Å². The Bertz CT molecular complexity index is 760. The second-order valence-electron chi connectivity index (χ2n) is 4.82. The SMILES string of the molecule is O=C(O)CCSc1ccc(-c2nc(C(Cl)(Cl)Cl)nc(C(Cl)(Cl)Cl)n2)cc1. The van der Waals surface area contributed by atoms with Crippen LogP contribution in [0.1, 0.15) is 18.1 Å². The van der Waals surface area contributed by atoms with Gasteiger partial charge in [-0.05, 0) is 12.1 Å². The molecule has 0 aliphatic rings. The summed E-state index contributed by atoms with van der Waals surface area (Å²) in [5.74, 6) is -0.570. The fourth-order valence-corrected chi connectivity index (χ4v) is 3.06. The summed E-state index contributed by atoms with van der Waals surface area (Å²) >= 11 is 36.5. The predicted molar refractivity (Wildman–Crippen MR) is 107 cm³/mol. The molecule has 2 rings (SSSR count). The maximum atomic E-state index is 10.6. The number of hydrogen-bond acceptors (Lipinski definition) is 5. The van der Waals surface area contributed by atoms with Gasteiger partial charge in [0.25, 0.3) is 0 Å². The first-order valence-electron chi connectivity index (χ1n) is 6.82. The molecule has 26 heavy (non-hydrogen) atoms. The van der Waals surface area contributed by atoms with Crippen LogP contribution in [0.5, 0.6) is 0 Å².